The maximum Gasteiger partial charge on any atom is 0.124 e. The van der Waals surface area contributed by atoms with Gasteiger partial charge in [-0.3, -0.25) is 0 Å². The fourth-order valence-electron chi connectivity index (χ4n) is 6.35. The second-order valence-electron chi connectivity index (χ2n) is 11.1. The Morgan fingerprint density at radius 2 is 1.81 bits per heavy atom. The highest BCUT2D eigenvalue weighted by Crippen LogP contribution is 2.47. The number of anilines is 1. The van der Waals surface area contributed by atoms with E-state index in [0.29, 0.717) is 0 Å². The van der Waals surface area contributed by atoms with Gasteiger partial charge in [0.15, 0.2) is 0 Å². The molecule has 0 unspecified atom stereocenters. The molecule has 6 heteroatoms. The van der Waals surface area contributed by atoms with E-state index in [9.17, 15) is 4.39 Å². The Bertz CT molecular complexity index is 1130. The highest BCUT2D eigenvalue weighted by atomic mass is 35.5. The molecule has 3 nitrogen and oxygen atoms in total. The molecule has 0 atom stereocenters. The minimum absolute atomic E-state index is 0.200. The molecule has 0 amide bonds. The van der Waals surface area contributed by atoms with Crippen LogP contribution in [0.1, 0.15) is 54.4 Å². The fourth-order valence-corrected chi connectivity index (χ4v) is 7.07. The number of piperidine rings is 2. The van der Waals surface area contributed by atoms with Crippen molar-refractivity contribution in [2.24, 2.45) is 5.92 Å². The standard InChI is InChI=1S/C30H37ClFN3S/c1-21-15-24(19-25(32)16-21)3-4-28(36)35-11-6-23(7-12-35)5-10-34-13-8-30(9-14-34)20-33-27-18-22(2)17-26(31)29(27)30/h3-4,15-19,23,33H,5-14,20H2,1-2H3/b4-3+. The molecule has 0 saturated carbocycles. The molecule has 0 radical (unpaired) electrons. The molecule has 0 aromatic heterocycles. The third kappa shape index (κ3) is 5.64. The molecule has 3 aliphatic heterocycles. The van der Waals surface area contributed by atoms with Crippen LogP contribution in [0.5, 0.6) is 0 Å². The molecule has 5 rings (SSSR count). The average Bonchev–Trinajstić information content (AvgIpc) is 3.20. The van der Waals surface area contributed by atoms with E-state index in [0.717, 1.165) is 59.8 Å². The van der Waals surface area contributed by atoms with Crippen LogP contribution in [0.2, 0.25) is 5.02 Å². The lowest BCUT2D eigenvalue weighted by molar-refractivity contribution is 0.150. The van der Waals surface area contributed by atoms with E-state index in [2.05, 4.69) is 34.2 Å². The van der Waals surface area contributed by atoms with Crippen molar-refractivity contribution in [2.75, 3.05) is 44.6 Å². The maximum atomic E-state index is 13.6. The molecular weight excluding hydrogens is 489 g/mol. The van der Waals surface area contributed by atoms with Gasteiger partial charge >= 0.3 is 0 Å². The minimum Gasteiger partial charge on any atom is -0.384 e. The number of rotatable bonds is 5. The summed E-state index contributed by atoms with van der Waals surface area (Å²) < 4.78 is 13.6. The average molecular weight is 526 g/mol. The van der Waals surface area contributed by atoms with Crippen molar-refractivity contribution in [2.45, 2.75) is 51.4 Å². The van der Waals surface area contributed by atoms with Crippen LogP contribution >= 0.6 is 23.8 Å². The third-order valence-corrected chi connectivity index (χ3v) is 9.15. The molecular formula is C30H37ClFN3S. The quantitative estimate of drug-likeness (QED) is 0.334. The summed E-state index contributed by atoms with van der Waals surface area (Å²) in [6, 6.07) is 9.45. The second-order valence-corrected chi connectivity index (χ2v) is 11.9. The van der Waals surface area contributed by atoms with Crippen LogP contribution in [0, 0.1) is 25.6 Å². The lowest BCUT2D eigenvalue weighted by atomic mass is 9.74. The Kier molecular flexibility index (Phi) is 7.71. The number of nitrogens with one attached hydrogen (secondary N) is 1. The fraction of sp³-hybridized carbons (Fsp3) is 0.500. The topological polar surface area (TPSA) is 18.5 Å². The first-order chi connectivity index (χ1) is 17.3. The smallest absolute Gasteiger partial charge is 0.124 e. The summed E-state index contributed by atoms with van der Waals surface area (Å²) in [5.41, 5.74) is 5.83. The number of hydrogen-bond donors (Lipinski definition) is 1. The molecule has 2 aromatic rings. The highest BCUT2D eigenvalue weighted by molar-refractivity contribution is 7.80. The summed E-state index contributed by atoms with van der Waals surface area (Å²) in [6.45, 7) is 10.6. The SMILES string of the molecule is Cc1cc(F)cc(/C=C/C(=S)N2CCC(CCN3CCC4(CC3)CNc3cc(C)cc(Cl)c34)CC2)c1. The second kappa shape index (κ2) is 10.8. The Hall–Kier alpha value is -1.95. The number of nitrogens with zero attached hydrogens (tertiary/aromatic N) is 2. The van der Waals surface area contributed by atoms with Gasteiger partial charge in [-0.05, 0) is 119 Å². The van der Waals surface area contributed by atoms with Crippen molar-refractivity contribution < 1.29 is 4.39 Å². The predicted octanol–water partition coefficient (Wildman–Crippen LogP) is 7.00. The van der Waals surface area contributed by atoms with Crippen LogP contribution in [0.15, 0.2) is 36.4 Å². The van der Waals surface area contributed by atoms with Crippen LogP contribution < -0.4 is 5.32 Å². The van der Waals surface area contributed by atoms with Crippen LogP contribution in [0.25, 0.3) is 6.08 Å². The Labute approximate surface area is 225 Å². The molecule has 36 heavy (non-hydrogen) atoms. The molecule has 2 fully saturated rings. The Morgan fingerprint density at radius 1 is 1.08 bits per heavy atom. The minimum atomic E-state index is -0.200. The third-order valence-electron chi connectivity index (χ3n) is 8.46. The normalized spacial score (nSPS) is 20.2. The van der Waals surface area contributed by atoms with Crippen molar-refractivity contribution in [3.05, 3.63) is 69.5 Å². The molecule has 1 N–H and O–H groups in total. The molecule has 3 heterocycles. The van der Waals surface area contributed by atoms with Gasteiger partial charge in [-0.1, -0.05) is 36.0 Å². The van der Waals surface area contributed by atoms with E-state index in [1.54, 1.807) is 12.1 Å². The zero-order valence-corrected chi connectivity index (χ0v) is 23.0. The van der Waals surface area contributed by atoms with Crippen LogP contribution in [0.4, 0.5) is 10.1 Å². The lowest BCUT2D eigenvalue weighted by Gasteiger charge is -2.40. The van der Waals surface area contributed by atoms with E-state index in [4.69, 9.17) is 23.8 Å². The van der Waals surface area contributed by atoms with E-state index >= 15 is 0 Å². The Morgan fingerprint density at radius 3 is 2.53 bits per heavy atom. The summed E-state index contributed by atoms with van der Waals surface area (Å²) in [7, 11) is 0. The number of fused-ring (bicyclic) bond motifs is 2. The molecule has 2 aromatic carbocycles. The molecule has 192 valence electrons. The first-order valence-corrected chi connectivity index (χ1v) is 14.1. The highest BCUT2D eigenvalue weighted by Gasteiger charge is 2.43. The maximum absolute atomic E-state index is 13.6. The number of benzene rings is 2. The first kappa shape index (κ1) is 25.7. The summed E-state index contributed by atoms with van der Waals surface area (Å²) >= 11 is 12.4. The molecule has 1 spiro atoms. The van der Waals surface area contributed by atoms with Crippen LogP contribution in [-0.2, 0) is 5.41 Å². The van der Waals surface area contributed by atoms with Crippen LogP contribution in [-0.4, -0.2) is 54.1 Å². The lowest BCUT2D eigenvalue weighted by Crippen LogP contribution is -2.44. The van der Waals surface area contributed by atoms with E-state index in [1.807, 2.05) is 25.1 Å². The zero-order valence-electron chi connectivity index (χ0n) is 21.5. The number of thiocarbonyl (C=S) groups is 1. The Balaban J connectivity index is 1.06. The van der Waals surface area contributed by atoms with Crippen molar-refractivity contribution in [3.8, 4) is 0 Å². The van der Waals surface area contributed by atoms with E-state index in [1.165, 1.54) is 55.5 Å². The molecule has 0 bridgehead atoms. The summed E-state index contributed by atoms with van der Waals surface area (Å²) in [5, 5.41) is 4.58. The molecule has 0 aliphatic carbocycles. The van der Waals surface area contributed by atoms with E-state index in [-0.39, 0.29) is 11.2 Å². The van der Waals surface area contributed by atoms with Crippen molar-refractivity contribution in [1.29, 1.82) is 0 Å². The van der Waals surface area contributed by atoms with Gasteiger partial charge in [0, 0.05) is 41.3 Å². The zero-order chi connectivity index (χ0) is 25.3. The largest absolute Gasteiger partial charge is 0.384 e. The first-order valence-electron chi connectivity index (χ1n) is 13.3. The number of hydrogen-bond acceptors (Lipinski definition) is 3. The van der Waals surface area contributed by atoms with E-state index < -0.39 is 0 Å². The number of aryl methyl sites for hydroxylation is 2. The van der Waals surface area contributed by atoms with Gasteiger partial charge in [-0.2, -0.15) is 0 Å². The van der Waals surface area contributed by atoms with Gasteiger partial charge in [0.25, 0.3) is 0 Å². The van der Waals surface area contributed by atoms with Crippen LogP contribution in [0.3, 0.4) is 0 Å². The monoisotopic (exact) mass is 525 g/mol. The summed E-state index contributed by atoms with van der Waals surface area (Å²) in [4.78, 5) is 5.82. The number of likely N-dealkylation sites (tertiary alicyclic amines) is 2. The summed E-state index contributed by atoms with van der Waals surface area (Å²) in [6.07, 6.45) is 9.89. The van der Waals surface area contributed by atoms with Gasteiger partial charge in [-0.15, -0.1) is 0 Å². The molecule has 2 saturated heterocycles. The summed E-state index contributed by atoms with van der Waals surface area (Å²) in [5.74, 6) is 0.565. The number of halogens is 2. The van der Waals surface area contributed by atoms with Gasteiger partial charge in [0.2, 0.25) is 0 Å². The van der Waals surface area contributed by atoms with Crippen molar-refractivity contribution in [1.82, 2.24) is 9.80 Å². The van der Waals surface area contributed by atoms with Gasteiger partial charge < -0.3 is 15.1 Å². The predicted molar refractivity (Wildman–Crippen MR) is 154 cm³/mol. The van der Waals surface area contributed by atoms with Gasteiger partial charge in [-0.25, -0.2) is 4.39 Å². The van der Waals surface area contributed by atoms with Gasteiger partial charge in [0.05, 0.1) is 0 Å². The molecule has 3 aliphatic rings. The van der Waals surface area contributed by atoms with Crippen molar-refractivity contribution >= 4 is 40.6 Å². The van der Waals surface area contributed by atoms with Gasteiger partial charge in [0.1, 0.15) is 10.8 Å². The van der Waals surface area contributed by atoms with Crippen molar-refractivity contribution in [3.63, 3.8) is 0 Å².